The minimum atomic E-state index is 0.189. The molecule has 0 fully saturated rings. The molecule has 2 nitrogen and oxygen atoms in total. The van der Waals surface area contributed by atoms with Crippen LogP contribution in [-0.2, 0) is 0 Å². The first-order chi connectivity index (χ1) is 8.33. The van der Waals surface area contributed by atoms with Crippen LogP contribution in [0.4, 0.5) is 0 Å². The van der Waals surface area contributed by atoms with Gasteiger partial charge in [0.1, 0.15) is 5.75 Å². The molecule has 82 valence electrons. The normalized spacial score (nSPS) is 10.6. The van der Waals surface area contributed by atoms with Crippen LogP contribution in [0.15, 0.2) is 60.8 Å². The second kappa shape index (κ2) is 3.91. The number of pyridine rings is 1. The Kier molecular flexibility index (Phi) is 2.26. The highest BCUT2D eigenvalue weighted by atomic mass is 16.3. The molecule has 0 spiro atoms. The third kappa shape index (κ3) is 1.85. The van der Waals surface area contributed by atoms with E-state index in [9.17, 15) is 5.11 Å². The van der Waals surface area contributed by atoms with Crippen molar-refractivity contribution in [2.45, 2.75) is 0 Å². The van der Waals surface area contributed by atoms with Gasteiger partial charge in [-0.1, -0.05) is 36.4 Å². The predicted octanol–water partition coefficient (Wildman–Crippen LogP) is 3.61. The van der Waals surface area contributed by atoms with Gasteiger partial charge in [-0.2, -0.15) is 0 Å². The Bertz CT molecular complexity index is 659. The summed E-state index contributed by atoms with van der Waals surface area (Å²) in [6.45, 7) is 0. The van der Waals surface area contributed by atoms with E-state index in [2.05, 4.69) is 29.2 Å². The lowest BCUT2D eigenvalue weighted by molar-refractivity contribution is 0.473. The van der Waals surface area contributed by atoms with Gasteiger partial charge in [0.2, 0.25) is 0 Å². The average molecular weight is 221 g/mol. The highest BCUT2D eigenvalue weighted by Crippen LogP contribution is 2.23. The van der Waals surface area contributed by atoms with Crippen LogP contribution in [0, 0.1) is 0 Å². The summed E-state index contributed by atoms with van der Waals surface area (Å²) >= 11 is 0. The van der Waals surface area contributed by atoms with E-state index < -0.39 is 0 Å². The summed E-state index contributed by atoms with van der Waals surface area (Å²) in [4.78, 5) is 4.21. The van der Waals surface area contributed by atoms with Crippen molar-refractivity contribution < 1.29 is 5.11 Å². The minimum absolute atomic E-state index is 0.189. The molecule has 17 heavy (non-hydrogen) atoms. The van der Waals surface area contributed by atoms with Crippen LogP contribution in [-0.4, -0.2) is 10.1 Å². The summed E-state index contributed by atoms with van der Waals surface area (Å²) in [5.41, 5.74) is 1.93. The molecule has 1 N–H and O–H groups in total. The van der Waals surface area contributed by atoms with Crippen LogP contribution in [0.5, 0.6) is 5.75 Å². The zero-order valence-electron chi connectivity index (χ0n) is 9.17. The van der Waals surface area contributed by atoms with E-state index in [1.165, 1.54) is 17.0 Å². The predicted molar refractivity (Wildman–Crippen MR) is 68.8 cm³/mol. The molecular weight excluding hydrogens is 210 g/mol. The van der Waals surface area contributed by atoms with Gasteiger partial charge in [0.25, 0.3) is 0 Å². The van der Waals surface area contributed by atoms with E-state index in [0.717, 1.165) is 11.3 Å². The molecule has 2 aromatic carbocycles. The molecular formula is C15H11NO. The van der Waals surface area contributed by atoms with E-state index in [-0.39, 0.29) is 5.75 Å². The Morgan fingerprint density at radius 1 is 0.824 bits per heavy atom. The molecule has 1 aromatic heterocycles. The van der Waals surface area contributed by atoms with Gasteiger partial charge in [0, 0.05) is 5.56 Å². The maximum absolute atomic E-state index is 9.21. The SMILES string of the molecule is Oc1ccc(-c2ccc3ccccc3c2)nc1. The average Bonchev–Trinajstić information content (AvgIpc) is 2.39. The lowest BCUT2D eigenvalue weighted by Crippen LogP contribution is -1.82. The van der Waals surface area contributed by atoms with Crippen LogP contribution in [0.1, 0.15) is 0 Å². The van der Waals surface area contributed by atoms with Gasteiger partial charge in [0.05, 0.1) is 11.9 Å². The van der Waals surface area contributed by atoms with Crippen molar-refractivity contribution in [1.82, 2.24) is 4.98 Å². The number of aromatic nitrogens is 1. The smallest absolute Gasteiger partial charge is 0.133 e. The number of benzene rings is 2. The summed E-state index contributed by atoms with van der Waals surface area (Å²) in [5.74, 6) is 0.189. The van der Waals surface area contributed by atoms with Crippen LogP contribution in [0.25, 0.3) is 22.0 Å². The number of fused-ring (bicyclic) bond motifs is 1. The van der Waals surface area contributed by atoms with Crippen molar-refractivity contribution in [3.8, 4) is 17.0 Å². The van der Waals surface area contributed by atoms with Gasteiger partial charge >= 0.3 is 0 Å². The Hall–Kier alpha value is -2.35. The first-order valence-electron chi connectivity index (χ1n) is 5.47. The van der Waals surface area contributed by atoms with E-state index in [1.54, 1.807) is 6.07 Å². The molecule has 0 unspecified atom stereocenters. The topological polar surface area (TPSA) is 33.1 Å². The molecule has 0 bridgehead atoms. The Morgan fingerprint density at radius 3 is 2.41 bits per heavy atom. The summed E-state index contributed by atoms with van der Waals surface area (Å²) < 4.78 is 0. The molecule has 0 saturated heterocycles. The van der Waals surface area contributed by atoms with Crippen molar-refractivity contribution in [2.75, 3.05) is 0 Å². The first kappa shape index (κ1) is 9.85. The van der Waals surface area contributed by atoms with Crippen LogP contribution < -0.4 is 0 Å². The molecule has 2 heteroatoms. The molecule has 0 atom stereocenters. The largest absolute Gasteiger partial charge is 0.506 e. The summed E-state index contributed by atoms with van der Waals surface area (Å²) in [7, 11) is 0. The fourth-order valence-corrected chi connectivity index (χ4v) is 1.91. The lowest BCUT2D eigenvalue weighted by atomic mass is 10.0. The second-order valence-corrected chi connectivity index (χ2v) is 3.96. The van der Waals surface area contributed by atoms with Gasteiger partial charge in [-0.25, -0.2) is 0 Å². The molecule has 0 saturated carbocycles. The van der Waals surface area contributed by atoms with Gasteiger partial charge in [-0.15, -0.1) is 0 Å². The third-order valence-electron chi connectivity index (χ3n) is 2.79. The van der Waals surface area contributed by atoms with Gasteiger partial charge in [0.15, 0.2) is 0 Å². The molecule has 0 aliphatic heterocycles. The Morgan fingerprint density at radius 2 is 1.65 bits per heavy atom. The van der Waals surface area contributed by atoms with Crippen molar-refractivity contribution in [2.24, 2.45) is 0 Å². The molecule has 3 aromatic rings. The summed E-state index contributed by atoms with van der Waals surface area (Å²) in [5, 5.41) is 11.6. The monoisotopic (exact) mass is 221 g/mol. The zero-order valence-corrected chi connectivity index (χ0v) is 9.17. The van der Waals surface area contributed by atoms with E-state index in [4.69, 9.17) is 0 Å². The third-order valence-corrected chi connectivity index (χ3v) is 2.79. The molecule has 0 aliphatic rings. The van der Waals surface area contributed by atoms with E-state index in [1.807, 2.05) is 24.3 Å². The fourth-order valence-electron chi connectivity index (χ4n) is 1.91. The quantitative estimate of drug-likeness (QED) is 0.681. The minimum Gasteiger partial charge on any atom is -0.506 e. The highest BCUT2D eigenvalue weighted by Gasteiger charge is 2.00. The zero-order chi connectivity index (χ0) is 11.7. The molecule has 0 amide bonds. The first-order valence-corrected chi connectivity index (χ1v) is 5.47. The maximum Gasteiger partial charge on any atom is 0.133 e. The van der Waals surface area contributed by atoms with Gasteiger partial charge in [-0.3, -0.25) is 4.98 Å². The number of hydrogen-bond donors (Lipinski definition) is 1. The Balaban J connectivity index is 2.14. The van der Waals surface area contributed by atoms with Gasteiger partial charge < -0.3 is 5.11 Å². The maximum atomic E-state index is 9.21. The molecule has 0 radical (unpaired) electrons. The summed E-state index contributed by atoms with van der Waals surface area (Å²) in [6, 6.07) is 17.9. The van der Waals surface area contributed by atoms with E-state index in [0.29, 0.717) is 0 Å². The fraction of sp³-hybridized carbons (Fsp3) is 0. The van der Waals surface area contributed by atoms with E-state index >= 15 is 0 Å². The number of nitrogens with zero attached hydrogens (tertiary/aromatic N) is 1. The van der Waals surface area contributed by atoms with Crippen LogP contribution in [0.2, 0.25) is 0 Å². The van der Waals surface area contributed by atoms with Crippen molar-refractivity contribution in [3.63, 3.8) is 0 Å². The van der Waals surface area contributed by atoms with Crippen LogP contribution in [0.3, 0.4) is 0 Å². The molecule has 0 aliphatic carbocycles. The number of hydrogen-bond acceptors (Lipinski definition) is 2. The summed E-state index contributed by atoms with van der Waals surface area (Å²) in [6.07, 6.45) is 1.46. The number of rotatable bonds is 1. The standard InChI is InChI=1S/C15H11NO/c17-14-7-8-15(16-10-14)13-6-5-11-3-1-2-4-12(11)9-13/h1-10,17H. The highest BCUT2D eigenvalue weighted by molar-refractivity contribution is 5.86. The molecule has 1 heterocycles. The van der Waals surface area contributed by atoms with Crippen molar-refractivity contribution >= 4 is 10.8 Å². The van der Waals surface area contributed by atoms with Crippen molar-refractivity contribution in [1.29, 1.82) is 0 Å². The second-order valence-electron chi connectivity index (χ2n) is 3.96. The van der Waals surface area contributed by atoms with Gasteiger partial charge in [-0.05, 0) is 29.0 Å². The lowest BCUT2D eigenvalue weighted by Gasteiger charge is -2.03. The molecule has 3 rings (SSSR count). The Labute approximate surface area is 99.2 Å². The van der Waals surface area contributed by atoms with Crippen molar-refractivity contribution in [3.05, 3.63) is 60.8 Å². The number of aromatic hydroxyl groups is 1. The van der Waals surface area contributed by atoms with Crippen LogP contribution >= 0.6 is 0 Å².